The molecule has 0 aliphatic rings. The van der Waals surface area contributed by atoms with E-state index in [-0.39, 0.29) is 0 Å². The summed E-state index contributed by atoms with van der Waals surface area (Å²) in [7, 11) is 0. The highest BCUT2D eigenvalue weighted by Crippen LogP contribution is 2.09. The zero-order valence-corrected chi connectivity index (χ0v) is 10.4. The molecule has 0 unspecified atom stereocenters. The van der Waals surface area contributed by atoms with Crippen LogP contribution < -0.4 is 10.3 Å². The summed E-state index contributed by atoms with van der Waals surface area (Å²) in [5, 5.41) is 6.17. The number of carbonyl (C=O) groups is 1. The SMILES string of the molecule is CC(=O)O/N=C(/C)c1ccccc1-[n+]1cc(=O)o[nH]1. The number of nitrogens with one attached hydrogen (secondary N) is 1. The average molecular weight is 262 g/mol. The van der Waals surface area contributed by atoms with Gasteiger partial charge in [-0.3, -0.25) is 4.52 Å². The number of rotatable bonds is 3. The predicted octanol–water partition coefficient (Wildman–Crippen LogP) is 0.532. The van der Waals surface area contributed by atoms with Crippen LogP contribution in [0.25, 0.3) is 5.69 Å². The molecule has 1 aromatic heterocycles. The number of oxime groups is 1. The molecule has 1 heterocycles. The van der Waals surface area contributed by atoms with Gasteiger partial charge in [0, 0.05) is 13.0 Å². The van der Waals surface area contributed by atoms with Gasteiger partial charge in [-0.05, 0) is 22.9 Å². The van der Waals surface area contributed by atoms with Gasteiger partial charge in [0.25, 0.3) is 6.20 Å². The van der Waals surface area contributed by atoms with Gasteiger partial charge in [-0.15, -0.1) is 0 Å². The first-order chi connectivity index (χ1) is 9.08. The summed E-state index contributed by atoms with van der Waals surface area (Å²) in [6.45, 7) is 2.96. The van der Waals surface area contributed by atoms with Crippen LogP contribution in [0.2, 0.25) is 0 Å². The van der Waals surface area contributed by atoms with E-state index in [4.69, 9.17) is 0 Å². The Labute approximate surface area is 108 Å². The molecule has 7 heteroatoms. The topological polar surface area (TPSA) is 88.5 Å². The molecule has 0 atom stereocenters. The standard InChI is InChI=1S/C12H11N3O4/c1-8(13-18-9(2)16)10-5-3-4-6-11(10)15-7-12(17)19-14-15/h3-7H,1-2H3/p+1/b13-8-. The lowest BCUT2D eigenvalue weighted by atomic mass is 10.1. The minimum absolute atomic E-state index is 0.496. The second kappa shape index (κ2) is 5.30. The molecular weight excluding hydrogens is 250 g/mol. The number of benzene rings is 1. The Morgan fingerprint density at radius 2 is 2.11 bits per heavy atom. The van der Waals surface area contributed by atoms with Crippen LogP contribution in [0, 0.1) is 0 Å². The van der Waals surface area contributed by atoms with Crippen LogP contribution in [0.15, 0.2) is 44.9 Å². The second-order valence-corrected chi connectivity index (χ2v) is 3.79. The first-order valence-corrected chi connectivity index (χ1v) is 5.50. The molecule has 2 aromatic rings. The molecule has 0 radical (unpaired) electrons. The van der Waals surface area contributed by atoms with Gasteiger partial charge in [0.15, 0.2) is 0 Å². The number of hydrogen-bond acceptors (Lipinski definition) is 5. The summed E-state index contributed by atoms with van der Waals surface area (Å²) >= 11 is 0. The molecule has 0 spiro atoms. The quantitative estimate of drug-likeness (QED) is 0.378. The molecule has 19 heavy (non-hydrogen) atoms. The molecule has 1 N–H and O–H groups in total. The first-order valence-electron chi connectivity index (χ1n) is 5.50. The molecule has 0 fully saturated rings. The third-order valence-electron chi connectivity index (χ3n) is 2.34. The van der Waals surface area contributed by atoms with Gasteiger partial charge >= 0.3 is 11.6 Å². The fourth-order valence-corrected chi connectivity index (χ4v) is 1.54. The van der Waals surface area contributed by atoms with Crippen molar-refractivity contribution in [1.82, 2.24) is 5.27 Å². The fraction of sp³-hybridized carbons (Fsp3) is 0.167. The van der Waals surface area contributed by atoms with E-state index in [1.165, 1.54) is 17.8 Å². The third kappa shape index (κ3) is 2.95. The minimum Gasteiger partial charge on any atom is -0.318 e. The maximum Gasteiger partial charge on any atom is 0.427 e. The normalized spacial score (nSPS) is 11.4. The van der Waals surface area contributed by atoms with E-state index in [1.807, 2.05) is 6.07 Å². The Hall–Kier alpha value is -2.70. The summed E-state index contributed by atoms with van der Waals surface area (Å²) in [5.41, 5.74) is 1.36. The lowest BCUT2D eigenvalue weighted by Crippen LogP contribution is -2.34. The molecular formula is C12H12N3O4+. The highest BCUT2D eigenvalue weighted by atomic mass is 16.7. The summed E-state index contributed by atoms with van der Waals surface area (Å²) in [4.78, 5) is 26.4. The van der Waals surface area contributed by atoms with Gasteiger partial charge in [0.1, 0.15) is 0 Å². The Morgan fingerprint density at radius 1 is 1.37 bits per heavy atom. The van der Waals surface area contributed by atoms with Crippen molar-refractivity contribution in [3.05, 3.63) is 46.4 Å². The van der Waals surface area contributed by atoms with Crippen molar-refractivity contribution in [3.8, 4) is 5.69 Å². The maximum atomic E-state index is 11.0. The van der Waals surface area contributed by atoms with Crippen molar-refractivity contribution in [2.24, 2.45) is 5.16 Å². The van der Waals surface area contributed by atoms with Crippen molar-refractivity contribution >= 4 is 11.7 Å². The highest BCUT2D eigenvalue weighted by molar-refractivity contribution is 6.01. The van der Waals surface area contributed by atoms with Gasteiger partial charge in [0.2, 0.25) is 5.69 Å². The largest absolute Gasteiger partial charge is 0.427 e. The molecule has 2 rings (SSSR count). The third-order valence-corrected chi connectivity index (χ3v) is 2.34. The Morgan fingerprint density at radius 3 is 2.74 bits per heavy atom. The van der Waals surface area contributed by atoms with Crippen molar-refractivity contribution in [3.63, 3.8) is 0 Å². The number of para-hydroxylation sites is 1. The fourth-order valence-electron chi connectivity index (χ4n) is 1.54. The molecule has 0 bridgehead atoms. The summed E-state index contributed by atoms with van der Waals surface area (Å²) < 4.78 is 6.03. The summed E-state index contributed by atoms with van der Waals surface area (Å²) in [5.74, 6) is -0.499. The van der Waals surface area contributed by atoms with E-state index in [0.29, 0.717) is 17.0 Å². The van der Waals surface area contributed by atoms with Crippen molar-refractivity contribution in [2.75, 3.05) is 0 Å². The average Bonchev–Trinajstić information content (AvgIpc) is 2.82. The molecule has 0 saturated heterocycles. The summed E-state index contributed by atoms with van der Waals surface area (Å²) in [6.07, 6.45) is 1.26. The number of aromatic amines is 1. The predicted molar refractivity (Wildman–Crippen MR) is 64.8 cm³/mol. The van der Waals surface area contributed by atoms with E-state index < -0.39 is 11.6 Å². The highest BCUT2D eigenvalue weighted by Gasteiger charge is 2.17. The number of carbonyl (C=O) groups excluding carboxylic acids is 1. The van der Waals surface area contributed by atoms with Crippen LogP contribution in [-0.2, 0) is 9.63 Å². The Bertz CT molecular complexity index is 684. The Balaban J connectivity index is 2.44. The van der Waals surface area contributed by atoms with E-state index in [2.05, 4.69) is 19.8 Å². The van der Waals surface area contributed by atoms with Crippen LogP contribution in [0.5, 0.6) is 0 Å². The van der Waals surface area contributed by atoms with E-state index in [9.17, 15) is 9.59 Å². The van der Waals surface area contributed by atoms with Crippen LogP contribution in [0.4, 0.5) is 0 Å². The van der Waals surface area contributed by atoms with Crippen LogP contribution in [0.1, 0.15) is 19.4 Å². The zero-order chi connectivity index (χ0) is 13.8. The lowest BCUT2D eigenvalue weighted by molar-refractivity contribution is -0.670. The van der Waals surface area contributed by atoms with Gasteiger partial charge in [0.05, 0.1) is 11.3 Å². The van der Waals surface area contributed by atoms with E-state index >= 15 is 0 Å². The van der Waals surface area contributed by atoms with Crippen molar-refractivity contribution in [1.29, 1.82) is 0 Å². The van der Waals surface area contributed by atoms with Gasteiger partial charge in [-0.25, -0.2) is 9.59 Å². The molecule has 7 nitrogen and oxygen atoms in total. The smallest absolute Gasteiger partial charge is 0.318 e. The molecule has 1 aromatic carbocycles. The number of aromatic nitrogens is 2. The van der Waals surface area contributed by atoms with Crippen molar-refractivity contribution < 1.29 is 18.8 Å². The second-order valence-electron chi connectivity index (χ2n) is 3.79. The number of H-pyrrole nitrogens is 1. The summed E-state index contributed by atoms with van der Waals surface area (Å²) in [6, 6.07) is 7.17. The minimum atomic E-state index is -0.499. The van der Waals surface area contributed by atoms with Gasteiger partial charge in [-0.1, -0.05) is 17.3 Å². The van der Waals surface area contributed by atoms with E-state index in [1.54, 1.807) is 25.1 Å². The molecule has 98 valence electrons. The Kier molecular flexibility index (Phi) is 3.56. The van der Waals surface area contributed by atoms with Gasteiger partial charge in [-0.2, -0.15) is 0 Å². The molecule has 0 saturated carbocycles. The first kappa shape index (κ1) is 12.7. The number of nitrogens with zero attached hydrogens (tertiary/aromatic N) is 2. The van der Waals surface area contributed by atoms with Crippen LogP contribution in [-0.4, -0.2) is 17.0 Å². The number of hydrogen-bond donors (Lipinski definition) is 1. The van der Waals surface area contributed by atoms with Crippen LogP contribution in [0.3, 0.4) is 0 Å². The van der Waals surface area contributed by atoms with E-state index in [0.717, 1.165) is 0 Å². The molecule has 0 amide bonds. The molecule has 0 aliphatic heterocycles. The zero-order valence-electron chi connectivity index (χ0n) is 10.4. The van der Waals surface area contributed by atoms with Crippen molar-refractivity contribution in [2.45, 2.75) is 13.8 Å². The maximum absolute atomic E-state index is 11.0. The monoisotopic (exact) mass is 262 g/mol. The van der Waals surface area contributed by atoms with Gasteiger partial charge < -0.3 is 4.84 Å². The molecule has 0 aliphatic carbocycles. The lowest BCUT2D eigenvalue weighted by Gasteiger charge is -2.01. The van der Waals surface area contributed by atoms with Crippen LogP contribution >= 0.6 is 0 Å².